The van der Waals surface area contributed by atoms with Crippen LogP contribution in [-0.4, -0.2) is 15.0 Å². The molecule has 0 saturated heterocycles. The van der Waals surface area contributed by atoms with Gasteiger partial charge in [-0.15, -0.1) is 11.3 Å². The minimum atomic E-state index is -0.126. The van der Waals surface area contributed by atoms with Gasteiger partial charge < -0.3 is 0 Å². The molecule has 0 atom stereocenters. The van der Waals surface area contributed by atoms with E-state index in [0.717, 1.165) is 16.7 Å². The highest BCUT2D eigenvalue weighted by molar-refractivity contribution is 7.26. The van der Waals surface area contributed by atoms with Gasteiger partial charge in [0.2, 0.25) is 0 Å². The van der Waals surface area contributed by atoms with Gasteiger partial charge >= 0.3 is 0 Å². The highest BCUT2D eigenvalue weighted by atomic mass is 32.1. The van der Waals surface area contributed by atoms with E-state index in [0.29, 0.717) is 17.5 Å². The molecule has 10 rings (SSSR count). The smallest absolute Gasteiger partial charge is 0.165 e. The van der Waals surface area contributed by atoms with E-state index in [2.05, 4.69) is 155 Å². The number of thiophene rings is 1. The molecule has 2 aliphatic carbocycles. The first-order chi connectivity index (χ1) is 23.8. The third-order valence-electron chi connectivity index (χ3n) is 11.0. The van der Waals surface area contributed by atoms with Gasteiger partial charge in [-0.2, -0.15) is 0 Å². The fourth-order valence-corrected chi connectivity index (χ4v) is 9.67. The van der Waals surface area contributed by atoms with Crippen LogP contribution in [0.2, 0.25) is 0 Å². The normalized spacial score (nSPS) is 14.9. The molecule has 234 valence electrons. The Balaban J connectivity index is 1.24. The lowest BCUT2D eigenvalue weighted by molar-refractivity contribution is 0.660. The van der Waals surface area contributed by atoms with Crippen molar-refractivity contribution in [3.05, 3.63) is 150 Å². The van der Waals surface area contributed by atoms with Crippen LogP contribution in [0.3, 0.4) is 0 Å². The summed E-state index contributed by atoms with van der Waals surface area (Å²) < 4.78 is 2.46. The van der Waals surface area contributed by atoms with E-state index >= 15 is 0 Å². The lowest BCUT2D eigenvalue weighted by Gasteiger charge is -2.22. The first kappa shape index (κ1) is 28.6. The van der Waals surface area contributed by atoms with Crippen LogP contribution >= 0.6 is 11.3 Å². The minimum Gasteiger partial charge on any atom is -0.208 e. The van der Waals surface area contributed by atoms with Crippen LogP contribution in [0.1, 0.15) is 49.9 Å². The molecule has 0 radical (unpaired) electrons. The molecule has 0 unspecified atom stereocenters. The zero-order chi connectivity index (χ0) is 33.1. The average molecular weight is 648 g/mol. The summed E-state index contributed by atoms with van der Waals surface area (Å²) in [4.78, 5) is 16.0. The van der Waals surface area contributed by atoms with Gasteiger partial charge in [-0.3, -0.25) is 0 Å². The fourth-order valence-electron chi connectivity index (χ4n) is 8.45. The van der Waals surface area contributed by atoms with Gasteiger partial charge in [0.15, 0.2) is 17.5 Å². The summed E-state index contributed by atoms with van der Waals surface area (Å²) in [6.45, 7) is 9.27. The van der Waals surface area contributed by atoms with E-state index in [1.807, 2.05) is 0 Å². The molecule has 4 heteroatoms. The Morgan fingerprint density at radius 3 is 1.82 bits per heavy atom. The molecule has 0 N–H and O–H groups in total. The van der Waals surface area contributed by atoms with E-state index in [9.17, 15) is 0 Å². The van der Waals surface area contributed by atoms with Crippen molar-refractivity contribution in [2.24, 2.45) is 0 Å². The van der Waals surface area contributed by atoms with Crippen molar-refractivity contribution in [2.75, 3.05) is 0 Å². The zero-order valence-corrected chi connectivity index (χ0v) is 28.7. The van der Waals surface area contributed by atoms with Gasteiger partial charge in [-0.1, -0.05) is 137 Å². The largest absolute Gasteiger partial charge is 0.208 e. The standard InChI is InChI=1S/C45H33N3S/c1-44(2)35-20-9-6-15-31(35)39-32(17-12-21-36(39)44)42-46-41(26-23-24-28-27-13-5-8-19-34(27)45(3,4)37(28)25-26)47-43(48-42)33-18-11-16-30-29-14-7-10-22-38(29)49-40(30)33/h5-25H,1-4H3. The van der Waals surface area contributed by atoms with Gasteiger partial charge in [0.1, 0.15) is 0 Å². The van der Waals surface area contributed by atoms with Crippen LogP contribution in [-0.2, 0) is 10.8 Å². The molecular weight excluding hydrogens is 615 g/mol. The van der Waals surface area contributed by atoms with Crippen molar-refractivity contribution in [2.45, 2.75) is 38.5 Å². The average Bonchev–Trinajstić information content (AvgIpc) is 3.71. The summed E-state index contributed by atoms with van der Waals surface area (Å²) in [5, 5.41) is 2.49. The molecule has 6 aromatic carbocycles. The van der Waals surface area contributed by atoms with Gasteiger partial charge in [0.05, 0.1) is 0 Å². The van der Waals surface area contributed by atoms with Crippen molar-refractivity contribution >= 4 is 31.5 Å². The van der Waals surface area contributed by atoms with Crippen LogP contribution < -0.4 is 0 Å². The second kappa shape index (κ2) is 10.0. The molecule has 0 fully saturated rings. The highest BCUT2D eigenvalue weighted by Crippen LogP contribution is 2.52. The number of hydrogen-bond acceptors (Lipinski definition) is 4. The van der Waals surface area contributed by atoms with Gasteiger partial charge in [0, 0.05) is 47.7 Å². The molecule has 0 bridgehead atoms. The Hall–Kier alpha value is -5.45. The second-order valence-corrected chi connectivity index (χ2v) is 15.5. The number of fused-ring (bicyclic) bond motifs is 9. The van der Waals surface area contributed by atoms with E-state index in [1.54, 1.807) is 11.3 Å². The van der Waals surface area contributed by atoms with Crippen molar-refractivity contribution in [1.29, 1.82) is 0 Å². The first-order valence-electron chi connectivity index (χ1n) is 17.0. The molecule has 0 aliphatic heterocycles. The fraction of sp³-hybridized carbons (Fsp3) is 0.133. The lowest BCUT2D eigenvalue weighted by atomic mass is 9.82. The maximum absolute atomic E-state index is 5.34. The first-order valence-corrected chi connectivity index (χ1v) is 17.8. The molecule has 3 nitrogen and oxygen atoms in total. The maximum atomic E-state index is 5.34. The van der Waals surface area contributed by atoms with E-state index in [1.165, 1.54) is 64.7 Å². The van der Waals surface area contributed by atoms with Crippen molar-refractivity contribution in [1.82, 2.24) is 15.0 Å². The summed E-state index contributed by atoms with van der Waals surface area (Å²) in [6, 6.07) is 46.1. The third kappa shape index (κ3) is 3.98. The summed E-state index contributed by atoms with van der Waals surface area (Å²) >= 11 is 1.81. The van der Waals surface area contributed by atoms with Crippen molar-refractivity contribution < 1.29 is 0 Å². The number of nitrogens with zero attached hydrogens (tertiary/aromatic N) is 3. The summed E-state index contributed by atoms with van der Waals surface area (Å²) in [6.07, 6.45) is 0. The molecule has 2 aliphatic rings. The molecule has 2 aromatic heterocycles. The van der Waals surface area contributed by atoms with Crippen LogP contribution in [0.4, 0.5) is 0 Å². The van der Waals surface area contributed by atoms with E-state index in [-0.39, 0.29) is 10.8 Å². The topological polar surface area (TPSA) is 38.7 Å². The SMILES string of the molecule is CC1(C)c2ccccc2-c2ccc(-c3nc(-c4cccc5c4-c4ccccc4C5(C)C)nc(-c4cccc5c4sc4ccccc45)n3)cc21. The Kier molecular flexibility index (Phi) is 5.85. The Labute approximate surface area is 290 Å². The lowest BCUT2D eigenvalue weighted by Crippen LogP contribution is -2.15. The maximum Gasteiger partial charge on any atom is 0.165 e. The van der Waals surface area contributed by atoms with E-state index in [4.69, 9.17) is 15.0 Å². The van der Waals surface area contributed by atoms with Crippen LogP contribution in [0, 0.1) is 0 Å². The molecular formula is C45H33N3S. The molecule has 49 heavy (non-hydrogen) atoms. The predicted molar refractivity (Wildman–Crippen MR) is 204 cm³/mol. The number of rotatable bonds is 3. The van der Waals surface area contributed by atoms with Crippen LogP contribution in [0.15, 0.2) is 127 Å². The highest BCUT2D eigenvalue weighted by Gasteiger charge is 2.38. The van der Waals surface area contributed by atoms with Crippen molar-refractivity contribution in [3.8, 4) is 56.4 Å². The third-order valence-corrected chi connectivity index (χ3v) is 12.2. The quantitative estimate of drug-likeness (QED) is 0.192. The minimum absolute atomic E-state index is 0.121. The number of aromatic nitrogens is 3. The monoisotopic (exact) mass is 647 g/mol. The zero-order valence-electron chi connectivity index (χ0n) is 27.9. The van der Waals surface area contributed by atoms with Crippen LogP contribution in [0.5, 0.6) is 0 Å². The number of benzene rings is 6. The summed E-state index contributed by atoms with van der Waals surface area (Å²) in [5.41, 5.74) is 13.2. The molecule has 2 heterocycles. The Morgan fingerprint density at radius 1 is 0.429 bits per heavy atom. The molecule has 0 amide bonds. The van der Waals surface area contributed by atoms with Gasteiger partial charge in [0.25, 0.3) is 0 Å². The predicted octanol–water partition coefficient (Wildman–Crippen LogP) is 11.9. The van der Waals surface area contributed by atoms with Gasteiger partial charge in [-0.05, 0) is 62.7 Å². The van der Waals surface area contributed by atoms with Crippen LogP contribution in [0.25, 0.3) is 76.6 Å². The Morgan fingerprint density at radius 2 is 0.980 bits per heavy atom. The van der Waals surface area contributed by atoms with E-state index < -0.39 is 0 Å². The second-order valence-electron chi connectivity index (χ2n) is 14.4. The summed E-state index contributed by atoms with van der Waals surface area (Å²) in [5.74, 6) is 2.09. The van der Waals surface area contributed by atoms with Crippen molar-refractivity contribution in [3.63, 3.8) is 0 Å². The summed E-state index contributed by atoms with van der Waals surface area (Å²) in [7, 11) is 0. The molecule has 0 saturated carbocycles. The molecule has 0 spiro atoms. The Bertz CT molecular complexity index is 2680. The van der Waals surface area contributed by atoms with Gasteiger partial charge in [-0.25, -0.2) is 15.0 Å². The molecule has 8 aromatic rings. The number of hydrogen-bond donors (Lipinski definition) is 0.